The second kappa shape index (κ2) is 6.87. The van der Waals surface area contributed by atoms with Crippen LogP contribution in [0, 0.1) is 0 Å². The van der Waals surface area contributed by atoms with Crippen molar-refractivity contribution in [2.75, 3.05) is 38.2 Å². The third-order valence-corrected chi connectivity index (χ3v) is 3.54. The maximum atomic E-state index is 11.3. The van der Waals surface area contributed by atoms with Gasteiger partial charge >= 0.3 is 0 Å². The molecule has 0 atom stereocenters. The van der Waals surface area contributed by atoms with Crippen LogP contribution in [-0.2, 0) is 4.79 Å². The van der Waals surface area contributed by atoms with Crippen LogP contribution in [0.2, 0.25) is 5.02 Å². The van der Waals surface area contributed by atoms with Crippen LogP contribution in [0.15, 0.2) is 18.2 Å². The molecule has 0 aliphatic carbocycles. The quantitative estimate of drug-likeness (QED) is 0.841. The standard InChI is InChI=1S/C13H17ClN2O2.ClH/c1-10(17)15-5-7-16(8-6-15)11-3-4-12(14)13(9-11)18-2;/h3-4,9H,5-8H2,1-2H3;1H. The number of carbonyl (C=O) groups is 1. The summed E-state index contributed by atoms with van der Waals surface area (Å²) in [7, 11) is 1.61. The topological polar surface area (TPSA) is 32.8 Å². The van der Waals surface area contributed by atoms with Gasteiger partial charge in [-0.15, -0.1) is 12.4 Å². The van der Waals surface area contributed by atoms with E-state index in [-0.39, 0.29) is 18.3 Å². The van der Waals surface area contributed by atoms with Gasteiger partial charge in [0.1, 0.15) is 5.75 Å². The van der Waals surface area contributed by atoms with E-state index in [4.69, 9.17) is 16.3 Å². The number of methoxy groups -OCH3 is 1. The molecule has 1 aromatic rings. The maximum Gasteiger partial charge on any atom is 0.219 e. The van der Waals surface area contributed by atoms with Crippen LogP contribution in [0.3, 0.4) is 0 Å². The molecule has 1 aromatic carbocycles. The van der Waals surface area contributed by atoms with E-state index in [2.05, 4.69) is 4.90 Å². The molecule has 1 aliphatic rings. The Morgan fingerprint density at radius 3 is 2.42 bits per heavy atom. The second-order valence-electron chi connectivity index (χ2n) is 4.31. The number of amides is 1. The van der Waals surface area contributed by atoms with Crippen LogP contribution < -0.4 is 9.64 Å². The highest BCUT2D eigenvalue weighted by Crippen LogP contribution is 2.29. The smallest absolute Gasteiger partial charge is 0.219 e. The molecule has 1 amide bonds. The summed E-state index contributed by atoms with van der Waals surface area (Å²) < 4.78 is 5.21. The minimum Gasteiger partial charge on any atom is -0.495 e. The first-order valence-electron chi connectivity index (χ1n) is 5.96. The number of piperazine rings is 1. The molecular weight excluding hydrogens is 287 g/mol. The van der Waals surface area contributed by atoms with E-state index in [0.717, 1.165) is 31.9 Å². The Morgan fingerprint density at radius 1 is 1.26 bits per heavy atom. The number of anilines is 1. The zero-order valence-corrected chi connectivity index (χ0v) is 12.6. The highest BCUT2D eigenvalue weighted by Gasteiger charge is 2.19. The number of carbonyl (C=O) groups excluding carboxylic acids is 1. The maximum absolute atomic E-state index is 11.3. The van der Waals surface area contributed by atoms with Gasteiger partial charge in [-0.1, -0.05) is 11.6 Å². The highest BCUT2D eigenvalue weighted by molar-refractivity contribution is 6.32. The van der Waals surface area contributed by atoms with Gasteiger partial charge in [-0.25, -0.2) is 0 Å². The molecular formula is C13H18Cl2N2O2. The minimum atomic E-state index is 0. The zero-order chi connectivity index (χ0) is 13.1. The Kier molecular flexibility index (Phi) is 5.76. The molecule has 4 nitrogen and oxygen atoms in total. The van der Waals surface area contributed by atoms with Gasteiger partial charge in [0.25, 0.3) is 0 Å². The third-order valence-electron chi connectivity index (χ3n) is 3.22. The molecule has 6 heteroatoms. The van der Waals surface area contributed by atoms with Gasteiger partial charge in [-0.05, 0) is 12.1 Å². The first kappa shape index (κ1) is 15.9. The highest BCUT2D eigenvalue weighted by atomic mass is 35.5. The van der Waals surface area contributed by atoms with Gasteiger partial charge in [-0.3, -0.25) is 4.79 Å². The number of benzene rings is 1. The van der Waals surface area contributed by atoms with Crippen molar-refractivity contribution in [1.29, 1.82) is 0 Å². The van der Waals surface area contributed by atoms with E-state index in [0.29, 0.717) is 10.8 Å². The molecule has 0 aromatic heterocycles. The summed E-state index contributed by atoms with van der Waals surface area (Å²) >= 11 is 6.00. The van der Waals surface area contributed by atoms with Gasteiger partial charge in [0.05, 0.1) is 12.1 Å². The minimum absolute atomic E-state index is 0. The molecule has 106 valence electrons. The molecule has 0 spiro atoms. The normalized spacial score (nSPS) is 14.9. The van der Waals surface area contributed by atoms with E-state index in [9.17, 15) is 4.79 Å². The summed E-state index contributed by atoms with van der Waals surface area (Å²) in [6.07, 6.45) is 0. The monoisotopic (exact) mass is 304 g/mol. The van der Waals surface area contributed by atoms with Crippen molar-refractivity contribution in [2.24, 2.45) is 0 Å². The Morgan fingerprint density at radius 2 is 1.89 bits per heavy atom. The van der Waals surface area contributed by atoms with E-state index >= 15 is 0 Å². The van der Waals surface area contributed by atoms with Crippen molar-refractivity contribution in [3.63, 3.8) is 0 Å². The molecule has 0 radical (unpaired) electrons. The summed E-state index contributed by atoms with van der Waals surface area (Å²) in [5, 5.41) is 0.614. The molecule has 0 N–H and O–H groups in total. The largest absolute Gasteiger partial charge is 0.495 e. The number of hydrogen-bond acceptors (Lipinski definition) is 3. The summed E-state index contributed by atoms with van der Waals surface area (Å²) in [6.45, 7) is 4.82. The van der Waals surface area contributed by atoms with Crippen LogP contribution in [0.5, 0.6) is 5.75 Å². The molecule has 1 heterocycles. The lowest BCUT2D eigenvalue weighted by Gasteiger charge is -2.35. The van der Waals surface area contributed by atoms with Crippen LogP contribution in [0.25, 0.3) is 0 Å². The summed E-state index contributed by atoms with van der Waals surface area (Å²) in [5.41, 5.74) is 1.08. The van der Waals surface area contributed by atoms with Crippen LogP contribution in [0.4, 0.5) is 5.69 Å². The van der Waals surface area contributed by atoms with Crippen LogP contribution in [0.1, 0.15) is 6.92 Å². The van der Waals surface area contributed by atoms with Crippen molar-refractivity contribution in [3.05, 3.63) is 23.2 Å². The number of halogens is 2. The Hall–Kier alpha value is -1.13. The van der Waals surface area contributed by atoms with Crippen LogP contribution in [-0.4, -0.2) is 44.1 Å². The van der Waals surface area contributed by atoms with Gasteiger partial charge in [0, 0.05) is 44.9 Å². The Labute approximate surface area is 124 Å². The Bertz CT molecular complexity index is 446. The lowest BCUT2D eigenvalue weighted by atomic mass is 10.2. The number of rotatable bonds is 2. The number of ether oxygens (including phenoxy) is 1. The fourth-order valence-electron chi connectivity index (χ4n) is 2.12. The molecule has 19 heavy (non-hydrogen) atoms. The van der Waals surface area contributed by atoms with Gasteiger partial charge < -0.3 is 14.5 Å². The zero-order valence-electron chi connectivity index (χ0n) is 11.1. The van der Waals surface area contributed by atoms with Crippen molar-refractivity contribution < 1.29 is 9.53 Å². The average molecular weight is 305 g/mol. The summed E-state index contributed by atoms with van der Waals surface area (Å²) in [4.78, 5) is 15.4. The van der Waals surface area contributed by atoms with E-state index in [1.165, 1.54) is 0 Å². The molecule has 1 aliphatic heterocycles. The van der Waals surface area contributed by atoms with Crippen LogP contribution >= 0.6 is 24.0 Å². The van der Waals surface area contributed by atoms with Gasteiger partial charge in [-0.2, -0.15) is 0 Å². The first-order chi connectivity index (χ1) is 8.61. The summed E-state index contributed by atoms with van der Waals surface area (Å²) in [5.74, 6) is 0.825. The van der Waals surface area contributed by atoms with Crippen molar-refractivity contribution in [1.82, 2.24) is 4.90 Å². The molecule has 0 saturated carbocycles. The fourth-order valence-corrected chi connectivity index (χ4v) is 2.32. The van der Waals surface area contributed by atoms with Gasteiger partial charge in [0.15, 0.2) is 0 Å². The Balaban J connectivity index is 0.00000180. The lowest BCUT2D eigenvalue weighted by molar-refractivity contribution is -0.129. The predicted molar refractivity (Wildman–Crippen MR) is 79.7 cm³/mol. The SMILES string of the molecule is COc1cc(N2CCN(C(C)=O)CC2)ccc1Cl.Cl. The fraction of sp³-hybridized carbons (Fsp3) is 0.462. The molecule has 1 fully saturated rings. The molecule has 2 rings (SSSR count). The number of nitrogens with zero attached hydrogens (tertiary/aromatic N) is 2. The average Bonchev–Trinajstić information content (AvgIpc) is 2.39. The van der Waals surface area contributed by atoms with E-state index in [1.54, 1.807) is 14.0 Å². The van der Waals surface area contributed by atoms with Gasteiger partial charge in [0.2, 0.25) is 5.91 Å². The van der Waals surface area contributed by atoms with Crippen molar-refractivity contribution >= 4 is 35.6 Å². The van der Waals surface area contributed by atoms with E-state index in [1.807, 2.05) is 23.1 Å². The lowest BCUT2D eigenvalue weighted by Crippen LogP contribution is -2.48. The molecule has 1 saturated heterocycles. The van der Waals surface area contributed by atoms with Crippen molar-refractivity contribution in [3.8, 4) is 5.75 Å². The molecule has 0 bridgehead atoms. The third kappa shape index (κ3) is 3.67. The van der Waals surface area contributed by atoms with Crippen molar-refractivity contribution in [2.45, 2.75) is 6.92 Å². The summed E-state index contributed by atoms with van der Waals surface area (Å²) in [6, 6.07) is 5.76. The first-order valence-corrected chi connectivity index (χ1v) is 6.33. The second-order valence-corrected chi connectivity index (χ2v) is 4.72. The predicted octanol–water partition coefficient (Wildman–Crippen LogP) is 2.44. The molecule has 0 unspecified atom stereocenters. The number of hydrogen-bond donors (Lipinski definition) is 0. The van der Waals surface area contributed by atoms with E-state index < -0.39 is 0 Å².